The highest BCUT2D eigenvalue weighted by atomic mass is 32.2. The van der Waals surface area contributed by atoms with Crippen molar-refractivity contribution in [2.24, 2.45) is 4.40 Å². The molecule has 122 valence electrons. The molecule has 0 aromatic heterocycles. The number of likely N-dealkylation sites (tertiary alicyclic amines) is 1. The van der Waals surface area contributed by atoms with E-state index >= 15 is 0 Å². The molecule has 0 bridgehead atoms. The van der Waals surface area contributed by atoms with Gasteiger partial charge in [0.2, 0.25) is 0 Å². The molecule has 1 aliphatic heterocycles. The summed E-state index contributed by atoms with van der Waals surface area (Å²) in [4.78, 5) is 13.9. The van der Waals surface area contributed by atoms with E-state index in [1.54, 1.807) is 11.1 Å². The smallest absolute Gasteiger partial charge is 0.410 e. The minimum absolute atomic E-state index is 0.0977. The molecule has 0 radical (unpaired) electrons. The molecule has 0 aromatic carbocycles. The van der Waals surface area contributed by atoms with E-state index in [1.165, 1.54) is 0 Å². The van der Waals surface area contributed by atoms with Crippen LogP contribution in [0.4, 0.5) is 4.79 Å². The van der Waals surface area contributed by atoms with Crippen LogP contribution in [0.25, 0.3) is 0 Å². The monoisotopic (exact) mass is 316 g/mol. The van der Waals surface area contributed by atoms with E-state index in [0.29, 0.717) is 6.42 Å². The molecule has 6 heteroatoms. The van der Waals surface area contributed by atoms with Gasteiger partial charge in [-0.3, -0.25) is 0 Å². The number of carbonyl (C=O) groups excluding carboxylic acids is 1. The first-order valence-electron chi connectivity index (χ1n) is 7.45. The second kappa shape index (κ2) is 7.01. The fourth-order valence-corrected chi connectivity index (χ4v) is 2.57. The van der Waals surface area contributed by atoms with Gasteiger partial charge in [-0.25, -0.2) is 4.79 Å². The van der Waals surface area contributed by atoms with Crippen molar-refractivity contribution >= 4 is 23.7 Å². The van der Waals surface area contributed by atoms with Gasteiger partial charge in [0, 0.05) is 19.0 Å². The number of hydrogen-bond donors (Lipinski definition) is 0. The molecule has 21 heavy (non-hydrogen) atoms. The molecule has 0 N–H and O–H groups in total. The molecule has 1 aliphatic rings. The predicted octanol–water partition coefficient (Wildman–Crippen LogP) is 3.31. The highest BCUT2D eigenvalue weighted by molar-refractivity contribution is 7.91. The van der Waals surface area contributed by atoms with Gasteiger partial charge in [-0.05, 0) is 54.4 Å². The number of nitrogens with zero attached hydrogens (tertiary/aromatic N) is 2. The van der Waals surface area contributed by atoms with Crippen molar-refractivity contribution in [1.29, 1.82) is 0 Å². The van der Waals surface area contributed by atoms with Gasteiger partial charge in [0.05, 0.1) is 6.21 Å². The number of carbonyl (C=O) groups is 1. The molecule has 0 unspecified atom stereocenters. The number of hydrogen-bond acceptors (Lipinski definition) is 4. The standard InChI is InChI=1S/C15H28N2O3S/c1-14(2,3)20-13(18)17-11-7-8-12(17)9-10-16-21(19)15(4,5)6/h10,12H,7-9,11H2,1-6H3/t12-,21+/m0/s1. The lowest BCUT2D eigenvalue weighted by Gasteiger charge is -2.28. The van der Waals surface area contributed by atoms with Gasteiger partial charge in [-0.2, -0.15) is 0 Å². The van der Waals surface area contributed by atoms with Crippen molar-refractivity contribution in [2.45, 2.75) is 77.2 Å². The van der Waals surface area contributed by atoms with E-state index in [-0.39, 0.29) is 16.9 Å². The van der Waals surface area contributed by atoms with Gasteiger partial charge >= 0.3 is 6.09 Å². The lowest BCUT2D eigenvalue weighted by molar-refractivity contribution is 0.0232. The van der Waals surface area contributed by atoms with E-state index in [0.717, 1.165) is 19.4 Å². The molecule has 1 fully saturated rings. The van der Waals surface area contributed by atoms with Crippen molar-refractivity contribution in [3.05, 3.63) is 0 Å². The van der Waals surface area contributed by atoms with E-state index in [9.17, 15) is 9.35 Å². The molecule has 2 atom stereocenters. The van der Waals surface area contributed by atoms with Crippen molar-refractivity contribution < 1.29 is 14.1 Å². The zero-order valence-electron chi connectivity index (χ0n) is 14.0. The van der Waals surface area contributed by atoms with Crippen molar-refractivity contribution in [3.8, 4) is 0 Å². The summed E-state index contributed by atoms with van der Waals surface area (Å²) in [7, 11) is 0. The summed E-state index contributed by atoms with van der Waals surface area (Å²) in [6, 6.07) is 0.0977. The van der Waals surface area contributed by atoms with Gasteiger partial charge in [0.1, 0.15) is 21.7 Å². The Hall–Kier alpha value is -0.750. The Bertz CT molecular complexity index is 385. The normalized spacial score (nSPS) is 21.9. The highest BCUT2D eigenvalue weighted by Gasteiger charge is 2.32. The van der Waals surface area contributed by atoms with Crippen molar-refractivity contribution in [3.63, 3.8) is 0 Å². The van der Waals surface area contributed by atoms with E-state index in [1.807, 2.05) is 41.5 Å². The summed E-state index contributed by atoms with van der Waals surface area (Å²) in [5.41, 5.74) is -0.480. The van der Waals surface area contributed by atoms with Crippen LogP contribution in [0.3, 0.4) is 0 Å². The van der Waals surface area contributed by atoms with Gasteiger partial charge < -0.3 is 14.2 Å². The SMILES string of the molecule is CC(C)(C)OC(=O)N1CCC[C@H]1CC=N[S@+]([O-])C(C)(C)C. The Labute approximate surface area is 131 Å². The third-order valence-electron chi connectivity index (χ3n) is 3.08. The van der Waals surface area contributed by atoms with Crippen LogP contribution in [0.2, 0.25) is 0 Å². The molecule has 1 heterocycles. The Morgan fingerprint density at radius 2 is 2.00 bits per heavy atom. The first-order valence-corrected chi connectivity index (χ1v) is 8.55. The van der Waals surface area contributed by atoms with E-state index in [2.05, 4.69) is 4.40 Å². The van der Waals surface area contributed by atoms with Crippen LogP contribution in [0.5, 0.6) is 0 Å². The number of rotatable bonds is 3. The maximum atomic E-state index is 12.1. The third-order valence-corrected chi connectivity index (χ3v) is 4.47. The fraction of sp³-hybridized carbons (Fsp3) is 0.867. The number of amides is 1. The molecular weight excluding hydrogens is 288 g/mol. The average Bonchev–Trinajstić information content (AvgIpc) is 2.73. The van der Waals surface area contributed by atoms with Gasteiger partial charge in [-0.1, -0.05) is 4.40 Å². The summed E-state index contributed by atoms with van der Waals surface area (Å²) in [5.74, 6) is 0. The van der Waals surface area contributed by atoms with Crippen LogP contribution in [-0.4, -0.2) is 44.7 Å². The topological polar surface area (TPSA) is 65.0 Å². The van der Waals surface area contributed by atoms with Gasteiger partial charge in [0.15, 0.2) is 0 Å². The Balaban J connectivity index is 2.55. The first-order chi connectivity index (χ1) is 9.50. The second-order valence-electron chi connectivity index (χ2n) is 7.36. The summed E-state index contributed by atoms with van der Waals surface area (Å²) in [6.45, 7) is 12.0. The van der Waals surface area contributed by atoms with Crippen LogP contribution >= 0.6 is 0 Å². The van der Waals surface area contributed by atoms with Crippen molar-refractivity contribution in [1.82, 2.24) is 4.90 Å². The lowest BCUT2D eigenvalue weighted by Crippen LogP contribution is -2.40. The molecule has 1 amide bonds. The minimum Gasteiger partial charge on any atom is -0.591 e. The van der Waals surface area contributed by atoms with Crippen LogP contribution < -0.4 is 0 Å². The second-order valence-corrected chi connectivity index (χ2v) is 9.29. The van der Waals surface area contributed by atoms with E-state index < -0.39 is 17.0 Å². The lowest BCUT2D eigenvalue weighted by atomic mass is 10.1. The Kier molecular flexibility index (Phi) is 6.11. The zero-order chi connectivity index (χ0) is 16.3. The first kappa shape index (κ1) is 18.3. The summed E-state index contributed by atoms with van der Waals surface area (Å²) in [6.07, 6.45) is 3.96. The summed E-state index contributed by atoms with van der Waals surface area (Å²) >= 11 is -1.24. The molecule has 0 saturated carbocycles. The third kappa shape index (κ3) is 6.26. The average molecular weight is 316 g/mol. The molecule has 5 nitrogen and oxygen atoms in total. The van der Waals surface area contributed by atoms with Crippen LogP contribution in [-0.2, 0) is 16.1 Å². The van der Waals surface area contributed by atoms with Crippen LogP contribution in [0.15, 0.2) is 4.40 Å². The summed E-state index contributed by atoms with van der Waals surface area (Å²) < 4.78 is 21.0. The van der Waals surface area contributed by atoms with Crippen molar-refractivity contribution in [2.75, 3.05) is 6.54 Å². The summed E-state index contributed by atoms with van der Waals surface area (Å²) in [5, 5.41) is 0. The molecule has 1 saturated heterocycles. The quantitative estimate of drug-likeness (QED) is 0.592. The maximum Gasteiger partial charge on any atom is 0.410 e. The molecule has 0 spiro atoms. The Morgan fingerprint density at radius 3 is 2.52 bits per heavy atom. The number of ether oxygens (including phenoxy) is 1. The molecule has 1 rings (SSSR count). The van der Waals surface area contributed by atoms with Gasteiger partial charge in [0.25, 0.3) is 0 Å². The van der Waals surface area contributed by atoms with E-state index in [4.69, 9.17) is 4.74 Å². The highest BCUT2D eigenvalue weighted by Crippen LogP contribution is 2.23. The maximum absolute atomic E-state index is 12.1. The van der Waals surface area contributed by atoms with Crippen LogP contribution in [0, 0.1) is 0 Å². The Morgan fingerprint density at radius 1 is 1.38 bits per heavy atom. The van der Waals surface area contributed by atoms with Crippen LogP contribution in [0.1, 0.15) is 60.8 Å². The predicted molar refractivity (Wildman–Crippen MR) is 87.0 cm³/mol. The largest absolute Gasteiger partial charge is 0.591 e. The molecule has 0 aromatic rings. The van der Waals surface area contributed by atoms with Gasteiger partial charge in [-0.15, -0.1) is 0 Å². The minimum atomic E-state index is -1.24. The zero-order valence-corrected chi connectivity index (χ0v) is 14.8. The molecular formula is C15H28N2O3S. The molecule has 0 aliphatic carbocycles. The fourth-order valence-electron chi connectivity index (χ4n) is 2.03.